The molecule has 1 fully saturated rings. The van der Waals surface area contributed by atoms with Gasteiger partial charge in [0.05, 0.1) is 11.7 Å². The minimum Gasteiger partial charge on any atom is -0.481 e. The largest absolute Gasteiger partial charge is 0.481 e. The minimum atomic E-state index is -0.704. The van der Waals surface area contributed by atoms with Gasteiger partial charge in [0.25, 0.3) is 0 Å². The fraction of sp³-hybridized carbons (Fsp3) is 0.381. The van der Waals surface area contributed by atoms with E-state index in [1.54, 1.807) is 0 Å². The second kappa shape index (κ2) is 9.07. The van der Waals surface area contributed by atoms with E-state index in [9.17, 15) is 4.79 Å². The standard InChI is InChI=1S/C21H25NO2S/c23-20(24)13-16-22-14-11-19(12-15-22)25-21(17-7-3-1-4-8-17)18-9-5-2-6-10-18/h1-10,19,21H,11-16H2,(H,23,24). The Balaban J connectivity index is 1.63. The van der Waals surface area contributed by atoms with Gasteiger partial charge >= 0.3 is 5.97 Å². The van der Waals surface area contributed by atoms with Gasteiger partial charge in [0.1, 0.15) is 0 Å². The van der Waals surface area contributed by atoms with Crippen LogP contribution in [0, 0.1) is 0 Å². The Bertz CT molecular complexity index is 615. The number of hydrogen-bond acceptors (Lipinski definition) is 3. The molecule has 0 aromatic heterocycles. The quantitative estimate of drug-likeness (QED) is 0.797. The SMILES string of the molecule is O=C(O)CCN1CCC(SC(c2ccccc2)c2ccccc2)CC1. The number of hydrogen-bond donors (Lipinski definition) is 1. The van der Waals surface area contributed by atoms with Crippen LogP contribution in [0.1, 0.15) is 35.6 Å². The Kier molecular flexibility index (Phi) is 6.54. The molecule has 0 spiro atoms. The van der Waals surface area contributed by atoms with Crippen LogP contribution >= 0.6 is 11.8 Å². The van der Waals surface area contributed by atoms with Crippen molar-refractivity contribution in [1.82, 2.24) is 4.90 Å². The normalized spacial score (nSPS) is 16.2. The molecule has 0 amide bonds. The number of benzene rings is 2. The van der Waals surface area contributed by atoms with Crippen molar-refractivity contribution in [2.45, 2.75) is 29.8 Å². The van der Waals surface area contributed by atoms with Crippen LogP contribution in [0.2, 0.25) is 0 Å². The van der Waals surface area contributed by atoms with Gasteiger partial charge in [-0.2, -0.15) is 0 Å². The van der Waals surface area contributed by atoms with Gasteiger partial charge < -0.3 is 10.0 Å². The van der Waals surface area contributed by atoms with Gasteiger partial charge in [-0.15, -0.1) is 11.8 Å². The lowest BCUT2D eigenvalue weighted by atomic mass is 10.0. The third-order valence-electron chi connectivity index (χ3n) is 4.71. The Morgan fingerprint density at radius 3 is 2.00 bits per heavy atom. The van der Waals surface area contributed by atoms with Crippen molar-refractivity contribution >= 4 is 17.7 Å². The molecule has 0 unspecified atom stereocenters. The van der Waals surface area contributed by atoms with E-state index in [1.807, 2.05) is 0 Å². The molecule has 0 radical (unpaired) electrons. The highest BCUT2D eigenvalue weighted by Crippen LogP contribution is 2.41. The number of carboxylic acid groups (broad SMARTS) is 1. The maximum Gasteiger partial charge on any atom is 0.304 e. The van der Waals surface area contributed by atoms with Gasteiger partial charge in [-0.1, -0.05) is 60.7 Å². The lowest BCUT2D eigenvalue weighted by molar-refractivity contribution is -0.137. The van der Waals surface area contributed by atoms with Gasteiger partial charge in [0.2, 0.25) is 0 Å². The summed E-state index contributed by atoms with van der Waals surface area (Å²) in [4.78, 5) is 13.0. The summed E-state index contributed by atoms with van der Waals surface area (Å²) in [5.41, 5.74) is 2.71. The van der Waals surface area contributed by atoms with Gasteiger partial charge in [-0.3, -0.25) is 4.79 Å². The Morgan fingerprint density at radius 2 is 1.52 bits per heavy atom. The van der Waals surface area contributed by atoms with Gasteiger partial charge in [0.15, 0.2) is 0 Å². The van der Waals surface area contributed by atoms with E-state index in [4.69, 9.17) is 5.11 Å². The average Bonchev–Trinajstić information content (AvgIpc) is 2.67. The van der Waals surface area contributed by atoms with Crippen molar-refractivity contribution < 1.29 is 9.90 Å². The molecule has 2 aromatic rings. The highest BCUT2D eigenvalue weighted by molar-refractivity contribution is 8.00. The molecule has 1 aliphatic rings. The first-order chi connectivity index (χ1) is 12.2. The van der Waals surface area contributed by atoms with Crippen molar-refractivity contribution in [3.8, 4) is 0 Å². The number of rotatable bonds is 7. The third-order valence-corrected chi connectivity index (χ3v) is 6.38. The average molecular weight is 356 g/mol. The number of thioether (sulfide) groups is 1. The Hall–Kier alpha value is -1.78. The van der Waals surface area contributed by atoms with E-state index in [1.165, 1.54) is 11.1 Å². The fourth-order valence-electron chi connectivity index (χ4n) is 3.32. The number of aliphatic carboxylic acids is 1. The zero-order valence-electron chi connectivity index (χ0n) is 14.4. The first-order valence-electron chi connectivity index (χ1n) is 8.92. The number of piperidine rings is 1. The monoisotopic (exact) mass is 355 g/mol. The van der Waals surface area contributed by atoms with Crippen LogP contribution in [-0.4, -0.2) is 40.9 Å². The molecule has 3 rings (SSSR count). The maximum absolute atomic E-state index is 10.7. The number of nitrogens with zero attached hydrogens (tertiary/aromatic N) is 1. The van der Waals surface area contributed by atoms with E-state index in [0.717, 1.165) is 25.9 Å². The molecule has 2 aromatic carbocycles. The molecule has 132 valence electrons. The number of carboxylic acids is 1. The highest BCUT2D eigenvalue weighted by Gasteiger charge is 2.24. The molecule has 4 heteroatoms. The van der Waals surface area contributed by atoms with Crippen molar-refractivity contribution in [1.29, 1.82) is 0 Å². The summed E-state index contributed by atoms with van der Waals surface area (Å²) < 4.78 is 0. The van der Waals surface area contributed by atoms with Crippen LogP contribution in [-0.2, 0) is 4.79 Å². The molecule has 0 saturated carbocycles. The summed E-state index contributed by atoms with van der Waals surface area (Å²) >= 11 is 2.06. The zero-order chi connectivity index (χ0) is 17.5. The Morgan fingerprint density at radius 1 is 1.00 bits per heavy atom. The summed E-state index contributed by atoms with van der Waals surface area (Å²) in [6, 6.07) is 21.4. The lowest BCUT2D eigenvalue weighted by Crippen LogP contribution is -2.36. The zero-order valence-corrected chi connectivity index (χ0v) is 15.2. The van der Waals surface area contributed by atoms with E-state index in [0.29, 0.717) is 17.0 Å². The molecule has 1 aliphatic heterocycles. The summed E-state index contributed by atoms with van der Waals surface area (Å²) in [5.74, 6) is -0.704. The van der Waals surface area contributed by atoms with Gasteiger partial charge in [-0.05, 0) is 37.1 Å². The molecule has 3 nitrogen and oxygen atoms in total. The van der Waals surface area contributed by atoms with Crippen molar-refractivity contribution in [2.75, 3.05) is 19.6 Å². The van der Waals surface area contributed by atoms with Crippen LogP contribution in [0.5, 0.6) is 0 Å². The van der Waals surface area contributed by atoms with Crippen LogP contribution in [0.3, 0.4) is 0 Å². The second-order valence-corrected chi connectivity index (χ2v) is 7.93. The molecule has 1 N–H and O–H groups in total. The third kappa shape index (κ3) is 5.35. The van der Waals surface area contributed by atoms with Crippen LogP contribution < -0.4 is 0 Å². The maximum atomic E-state index is 10.7. The second-order valence-electron chi connectivity index (χ2n) is 6.52. The first kappa shape index (κ1) is 18.0. The van der Waals surface area contributed by atoms with E-state index in [-0.39, 0.29) is 6.42 Å². The van der Waals surface area contributed by atoms with E-state index in [2.05, 4.69) is 77.3 Å². The number of likely N-dealkylation sites (tertiary alicyclic amines) is 1. The smallest absolute Gasteiger partial charge is 0.304 e. The summed E-state index contributed by atoms with van der Waals surface area (Å²) in [6.45, 7) is 2.68. The molecular weight excluding hydrogens is 330 g/mol. The van der Waals surface area contributed by atoms with Crippen molar-refractivity contribution in [2.24, 2.45) is 0 Å². The fourth-order valence-corrected chi connectivity index (χ4v) is 4.82. The Labute approximate surface area is 154 Å². The molecule has 1 saturated heterocycles. The minimum absolute atomic E-state index is 0.245. The van der Waals surface area contributed by atoms with Crippen molar-refractivity contribution in [3.63, 3.8) is 0 Å². The van der Waals surface area contributed by atoms with Crippen LogP contribution in [0.25, 0.3) is 0 Å². The van der Waals surface area contributed by atoms with Gasteiger partial charge in [-0.25, -0.2) is 0 Å². The molecule has 0 atom stereocenters. The molecule has 1 heterocycles. The van der Waals surface area contributed by atoms with E-state index >= 15 is 0 Å². The topological polar surface area (TPSA) is 40.5 Å². The summed E-state index contributed by atoms with van der Waals surface area (Å²) in [6.07, 6.45) is 2.50. The summed E-state index contributed by atoms with van der Waals surface area (Å²) in [7, 11) is 0. The molecule has 0 aliphatic carbocycles. The predicted molar refractivity (Wildman–Crippen MR) is 104 cm³/mol. The molecule has 0 bridgehead atoms. The molecule has 25 heavy (non-hydrogen) atoms. The number of carbonyl (C=O) groups is 1. The van der Waals surface area contributed by atoms with E-state index < -0.39 is 5.97 Å². The predicted octanol–water partition coefficient (Wildman–Crippen LogP) is 4.45. The van der Waals surface area contributed by atoms with Gasteiger partial charge in [0, 0.05) is 11.8 Å². The van der Waals surface area contributed by atoms with Crippen molar-refractivity contribution in [3.05, 3.63) is 71.8 Å². The highest BCUT2D eigenvalue weighted by atomic mass is 32.2. The molecular formula is C21H25NO2S. The summed E-state index contributed by atoms with van der Waals surface area (Å²) in [5, 5.41) is 9.81. The van der Waals surface area contributed by atoms with Crippen LogP contribution in [0.4, 0.5) is 0 Å². The first-order valence-corrected chi connectivity index (χ1v) is 9.86. The lowest BCUT2D eigenvalue weighted by Gasteiger charge is -2.33. The van der Waals surface area contributed by atoms with Crippen LogP contribution in [0.15, 0.2) is 60.7 Å².